The van der Waals surface area contributed by atoms with Gasteiger partial charge in [-0.1, -0.05) is 24.3 Å². The molecule has 0 radical (unpaired) electrons. The van der Waals surface area contributed by atoms with Crippen molar-refractivity contribution in [3.8, 4) is 23.0 Å². The van der Waals surface area contributed by atoms with Crippen LogP contribution < -0.4 is 14.8 Å². The van der Waals surface area contributed by atoms with Gasteiger partial charge >= 0.3 is 30.7 Å². The highest BCUT2D eigenvalue weighted by atomic mass is 19.4. The number of anilines is 1. The molecule has 4 aromatic carbocycles. The van der Waals surface area contributed by atoms with Gasteiger partial charge in [-0.25, -0.2) is 4.79 Å². The van der Waals surface area contributed by atoms with Gasteiger partial charge in [0.05, 0.1) is 33.5 Å². The summed E-state index contributed by atoms with van der Waals surface area (Å²) in [4.78, 5) is 24.6. The number of rotatable bonds is 7. The Morgan fingerprint density at radius 1 is 0.542 bits per heavy atom. The van der Waals surface area contributed by atoms with E-state index < -0.39 is 98.6 Å². The molecule has 1 amide bonds. The Balaban J connectivity index is 1.96. The predicted octanol–water partition coefficient (Wildman–Crippen LogP) is 10.3. The number of nitrogens with one attached hydrogen (secondary N) is 1. The lowest BCUT2D eigenvalue weighted by atomic mass is 10.0. The van der Waals surface area contributed by atoms with Crippen LogP contribution in [0.15, 0.2) is 78.9 Å². The number of carbonyl (C=O) groups is 2. The third kappa shape index (κ3) is 7.75. The molecule has 4 aromatic rings. The van der Waals surface area contributed by atoms with Crippen LogP contribution in [0, 0.1) is 0 Å². The molecule has 48 heavy (non-hydrogen) atoms. The molecule has 0 fully saturated rings. The van der Waals surface area contributed by atoms with E-state index in [0.717, 1.165) is 24.3 Å². The predicted molar refractivity (Wildman–Crippen MR) is 141 cm³/mol. The summed E-state index contributed by atoms with van der Waals surface area (Å²) >= 11 is 0. The van der Waals surface area contributed by atoms with Gasteiger partial charge in [0.2, 0.25) is 0 Å². The van der Waals surface area contributed by atoms with Crippen LogP contribution >= 0.6 is 0 Å². The SMILES string of the molecule is O=C(O)c1ccccc1Oc1ccc(C(F)(F)F)cc1Oc1ccc(C(F)(F)F)c(C(F)(F)F)c1NC(=O)c1ccccc1C(F)(F)F. The molecule has 0 heterocycles. The van der Waals surface area contributed by atoms with Crippen molar-refractivity contribution in [3.63, 3.8) is 0 Å². The van der Waals surface area contributed by atoms with Gasteiger partial charge < -0.3 is 19.9 Å². The lowest BCUT2D eigenvalue weighted by Gasteiger charge is -2.23. The highest BCUT2D eigenvalue weighted by Gasteiger charge is 2.47. The minimum Gasteiger partial charge on any atom is -0.478 e. The minimum atomic E-state index is -6.00. The second-order valence-corrected chi connectivity index (χ2v) is 9.52. The molecular formula is C30H15F12NO5. The minimum absolute atomic E-state index is 0.147. The van der Waals surface area contributed by atoms with Gasteiger partial charge in [-0.2, -0.15) is 52.7 Å². The van der Waals surface area contributed by atoms with Crippen molar-refractivity contribution in [2.45, 2.75) is 24.7 Å². The molecule has 0 aliphatic rings. The fourth-order valence-corrected chi connectivity index (χ4v) is 4.25. The van der Waals surface area contributed by atoms with Gasteiger partial charge in [-0.05, 0) is 54.6 Å². The quantitative estimate of drug-likeness (QED) is 0.188. The molecule has 0 aliphatic carbocycles. The smallest absolute Gasteiger partial charge is 0.419 e. The molecule has 4 rings (SSSR count). The van der Waals surface area contributed by atoms with Crippen molar-refractivity contribution in [2.24, 2.45) is 0 Å². The van der Waals surface area contributed by atoms with E-state index in [1.54, 1.807) is 0 Å². The largest absolute Gasteiger partial charge is 0.478 e. The highest BCUT2D eigenvalue weighted by Crippen LogP contribution is 2.50. The summed E-state index contributed by atoms with van der Waals surface area (Å²) in [5, 5.41) is 10.8. The van der Waals surface area contributed by atoms with E-state index >= 15 is 0 Å². The maximum Gasteiger partial charge on any atom is 0.419 e. The van der Waals surface area contributed by atoms with Crippen LogP contribution in [-0.2, 0) is 24.7 Å². The Labute approximate surface area is 260 Å². The van der Waals surface area contributed by atoms with Gasteiger partial charge in [0.1, 0.15) is 11.3 Å². The standard InChI is InChI=1S/C30H15F12NO5/c31-27(32,33)14-9-11-20(47-19-8-4-2-6-16(19)26(45)46)22(13-14)48-21-12-10-18(29(37,38)39)23(30(40,41)42)24(21)43-25(44)15-5-1-3-7-17(15)28(34,35)36/h1-13H,(H,43,44)(H,45,46). The molecule has 0 atom stereocenters. The molecule has 0 unspecified atom stereocenters. The molecule has 0 saturated heterocycles. The van der Waals surface area contributed by atoms with Crippen molar-refractivity contribution >= 4 is 17.6 Å². The average Bonchev–Trinajstić information content (AvgIpc) is 2.96. The first-order valence-corrected chi connectivity index (χ1v) is 12.8. The summed E-state index contributed by atoms with van der Waals surface area (Å²) in [6.45, 7) is 0. The molecule has 18 heteroatoms. The average molecular weight is 697 g/mol. The van der Waals surface area contributed by atoms with Crippen LogP contribution in [0.25, 0.3) is 0 Å². The number of carboxylic acid groups (broad SMARTS) is 1. The van der Waals surface area contributed by atoms with Crippen LogP contribution in [0.5, 0.6) is 23.0 Å². The fourth-order valence-electron chi connectivity index (χ4n) is 4.25. The number of amides is 1. The third-order valence-electron chi connectivity index (χ3n) is 6.30. The first kappa shape index (κ1) is 35.4. The molecule has 0 aliphatic heterocycles. The fraction of sp³-hybridized carbons (Fsp3) is 0.133. The highest BCUT2D eigenvalue weighted by molar-refractivity contribution is 6.07. The Morgan fingerprint density at radius 3 is 1.65 bits per heavy atom. The Bertz CT molecular complexity index is 1860. The molecule has 254 valence electrons. The Morgan fingerprint density at radius 2 is 1.08 bits per heavy atom. The zero-order chi connectivity index (χ0) is 35.8. The van der Waals surface area contributed by atoms with Crippen LogP contribution in [0.3, 0.4) is 0 Å². The normalized spacial score (nSPS) is 12.4. The first-order valence-electron chi connectivity index (χ1n) is 12.8. The number of hydrogen-bond acceptors (Lipinski definition) is 4. The third-order valence-corrected chi connectivity index (χ3v) is 6.30. The lowest BCUT2D eigenvalue weighted by molar-refractivity contribution is -0.161. The molecular weight excluding hydrogens is 682 g/mol. The van der Waals surface area contributed by atoms with E-state index in [2.05, 4.69) is 0 Å². The van der Waals surface area contributed by atoms with Crippen molar-refractivity contribution in [1.82, 2.24) is 0 Å². The molecule has 0 bridgehead atoms. The Kier molecular flexibility index (Phi) is 9.34. The molecule has 0 aromatic heterocycles. The maximum atomic E-state index is 14.3. The molecule has 6 nitrogen and oxygen atoms in total. The van der Waals surface area contributed by atoms with Crippen molar-refractivity contribution in [1.29, 1.82) is 0 Å². The lowest BCUT2D eigenvalue weighted by Crippen LogP contribution is -2.24. The van der Waals surface area contributed by atoms with E-state index in [9.17, 15) is 67.4 Å². The van der Waals surface area contributed by atoms with E-state index in [1.807, 2.05) is 0 Å². The van der Waals surface area contributed by atoms with Crippen LogP contribution in [0.1, 0.15) is 43.0 Å². The zero-order valence-electron chi connectivity index (χ0n) is 23.1. The van der Waals surface area contributed by atoms with Gasteiger partial charge in [0.25, 0.3) is 5.91 Å². The molecule has 0 spiro atoms. The van der Waals surface area contributed by atoms with Gasteiger partial charge in [-0.3, -0.25) is 4.79 Å². The number of carbonyl (C=O) groups excluding carboxylic acids is 1. The number of ether oxygens (including phenoxy) is 2. The zero-order valence-corrected chi connectivity index (χ0v) is 23.1. The summed E-state index contributed by atoms with van der Waals surface area (Å²) in [6, 6.07) is 8.21. The summed E-state index contributed by atoms with van der Waals surface area (Å²) in [5.41, 5.74) is -12.1. The summed E-state index contributed by atoms with van der Waals surface area (Å²) in [5.74, 6) is -7.46. The van der Waals surface area contributed by atoms with E-state index in [1.165, 1.54) is 17.4 Å². The van der Waals surface area contributed by atoms with E-state index in [-0.39, 0.29) is 18.2 Å². The number of aromatic carboxylic acids is 1. The topological polar surface area (TPSA) is 84.9 Å². The Hall–Kier alpha value is -5.42. The second kappa shape index (κ2) is 12.6. The van der Waals surface area contributed by atoms with Crippen molar-refractivity contribution in [2.75, 3.05) is 5.32 Å². The van der Waals surface area contributed by atoms with E-state index in [4.69, 9.17) is 9.47 Å². The summed E-state index contributed by atoms with van der Waals surface area (Å²) < 4.78 is 176. The number of para-hydroxylation sites is 1. The monoisotopic (exact) mass is 697 g/mol. The number of alkyl halides is 12. The number of halogens is 12. The maximum absolute atomic E-state index is 14.3. The van der Waals surface area contributed by atoms with Gasteiger partial charge in [-0.15, -0.1) is 0 Å². The van der Waals surface area contributed by atoms with Gasteiger partial charge in [0.15, 0.2) is 17.2 Å². The second-order valence-electron chi connectivity index (χ2n) is 9.52. The van der Waals surface area contributed by atoms with Crippen molar-refractivity contribution < 1.29 is 76.9 Å². The number of carboxylic acids is 1. The van der Waals surface area contributed by atoms with Crippen LogP contribution in [-0.4, -0.2) is 17.0 Å². The molecule has 0 saturated carbocycles. The summed E-state index contributed by atoms with van der Waals surface area (Å²) in [6.07, 6.45) is -22.2. The number of benzene rings is 4. The number of hydrogen-bond donors (Lipinski definition) is 2. The van der Waals surface area contributed by atoms with E-state index in [0.29, 0.717) is 24.3 Å². The van der Waals surface area contributed by atoms with Crippen molar-refractivity contribution in [3.05, 3.63) is 112 Å². The van der Waals surface area contributed by atoms with Gasteiger partial charge in [0, 0.05) is 0 Å². The van der Waals surface area contributed by atoms with Crippen LogP contribution in [0.2, 0.25) is 0 Å². The summed E-state index contributed by atoms with van der Waals surface area (Å²) in [7, 11) is 0. The van der Waals surface area contributed by atoms with Crippen LogP contribution in [0.4, 0.5) is 58.4 Å². The molecule has 2 N–H and O–H groups in total. The first-order chi connectivity index (χ1) is 22.1.